The minimum Gasteiger partial charge on any atom is -0.479 e. The molecule has 118 valence electrons. The molecule has 5 nitrogen and oxygen atoms in total. The molecule has 0 atom stereocenters. The molecule has 0 saturated carbocycles. The Morgan fingerprint density at radius 3 is 2.79 bits per heavy atom. The number of nitrogens with one attached hydrogen (secondary N) is 1. The fourth-order valence-electron chi connectivity index (χ4n) is 2.34. The fourth-order valence-corrected chi connectivity index (χ4v) is 2.99. The molecule has 2 N–H and O–H groups in total. The molecule has 0 spiro atoms. The summed E-state index contributed by atoms with van der Waals surface area (Å²) < 4.78 is 5.26. The zero-order valence-corrected chi connectivity index (χ0v) is 13.3. The lowest BCUT2D eigenvalue weighted by molar-refractivity contribution is 0.337. The minimum atomic E-state index is -0.248. The molecule has 0 aliphatic rings. The number of hydrogen-bond donors (Lipinski definition) is 2. The average Bonchev–Trinajstić information content (AvgIpc) is 3.25. The lowest BCUT2D eigenvalue weighted by Gasteiger charge is -2.02. The van der Waals surface area contributed by atoms with Crippen LogP contribution in [0.1, 0.15) is 5.69 Å². The van der Waals surface area contributed by atoms with Gasteiger partial charge in [-0.25, -0.2) is 4.98 Å². The molecule has 0 radical (unpaired) electrons. The second-order valence-corrected chi connectivity index (χ2v) is 6.07. The first-order valence-corrected chi connectivity index (χ1v) is 8.19. The summed E-state index contributed by atoms with van der Waals surface area (Å²) >= 11 is 1.49. The summed E-state index contributed by atoms with van der Waals surface area (Å²) in [4.78, 5) is 5.09. The Morgan fingerprint density at radius 1 is 1.08 bits per heavy atom. The van der Waals surface area contributed by atoms with Crippen LogP contribution in [0.2, 0.25) is 0 Å². The van der Waals surface area contributed by atoms with Gasteiger partial charge in [-0.2, -0.15) is 5.10 Å². The highest BCUT2D eigenvalue weighted by Crippen LogP contribution is 2.28. The largest absolute Gasteiger partial charge is 0.479 e. The van der Waals surface area contributed by atoms with Crippen molar-refractivity contribution in [3.05, 3.63) is 65.7 Å². The van der Waals surface area contributed by atoms with E-state index in [0.29, 0.717) is 5.89 Å². The first kappa shape index (κ1) is 14.5. The van der Waals surface area contributed by atoms with Crippen molar-refractivity contribution in [2.75, 3.05) is 5.43 Å². The summed E-state index contributed by atoms with van der Waals surface area (Å²) in [6.07, 6.45) is 1.44. The summed E-state index contributed by atoms with van der Waals surface area (Å²) in [5.41, 5.74) is 4.07. The number of anilines is 1. The van der Waals surface area contributed by atoms with Crippen LogP contribution in [0, 0.1) is 0 Å². The van der Waals surface area contributed by atoms with Gasteiger partial charge in [0.2, 0.25) is 5.89 Å². The highest BCUT2D eigenvalue weighted by Gasteiger charge is 2.12. The maximum absolute atomic E-state index is 9.83. The molecule has 6 heteroatoms. The van der Waals surface area contributed by atoms with Gasteiger partial charge < -0.3 is 9.52 Å². The number of nitrogens with zero attached hydrogens (tertiary/aromatic N) is 2. The predicted octanol–water partition coefficient (Wildman–Crippen LogP) is 4.71. The highest BCUT2D eigenvalue weighted by molar-refractivity contribution is 7.13. The van der Waals surface area contributed by atoms with Crippen molar-refractivity contribution < 1.29 is 9.52 Å². The van der Waals surface area contributed by atoms with Gasteiger partial charge in [-0.05, 0) is 34.4 Å². The number of oxazole rings is 1. The molecule has 4 rings (SSSR count). The third kappa shape index (κ3) is 2.87. The Balaban J connectivity index is 1.52. The minimum absolute atomic E-state index is 0.248. The van der Waals surface area contributed by atoms with Crippen LogP contribution < -0.4 is 5.43 Å². The van der Waals surface area contributed by atoms with Crippen LogP contribution in [0.15, 0.2) is 69.5 Å². The van der Waals surface area contributed by atoms with Crippen molar-refractivity contribution in [1.29, 1.82) is 0 Å². The smallest absolute Gasteiger partial charge is 0.312 e. The van der Waals surface area contributed by atoms with Gasteiger partial charge in [-0.1, -0.05) is 36.4 Å². The zero-order chi connectivity index (χ0) is 16.4. The van der Waals surface area contributed by atoms with E-state index in [1.807, 2.05) is 53.9 Å². The second-order valence-electron chi connectivity index (χ2n) is 5.12. The van der Waals surface area contributed by atoms with Gasteiger partial charge in [0.25, 0.3) is 0 Å². The average molecular weight is 335 g/mol. The van der Waals surface area contributed by atoms with Crippen LogP contribution >= 0.6 is 11.3 Å². The molecular weight excluding hydrogens is 322 g/mol. The molecule has 0 unspecified atom stereocenters. The van der Waals surface area contributed by atoms with Crippen LogP contribution in [0.3, 0.4) is 0 Å². The van der Waals surface area contributed by atoms with Gasteiger partial charge in [0.05, 0.1) is 16.8 Å². The van der Waals surface area contributed by atoms with Crippen LogP contribution in [0.25, 0.3) is 21.5 Å². The molecule has 0 aliphatic carbocycles. The van der Waals surface area contributed by atoms with Gasteiger partial charge in [0.15, 0.2) is 5.69 Å². The van der Waals surface area contributed by atoms with Crippen LogP contribution in [-0.4, -0.2) is 16.3 Å². The summed E-state index contributed by atoms with van der Waals surface area (Å²) in [5, 5.41) is 18.2. The number of benzene rings is 2. The standard InChI is InChI=1S/C18H13N3O2S/c22-18-15(20-17(23-18)16-6-3-9-24-16)11-19-21-14-8-7-12-4-1-2-5-13(12)10-14/h1-11,21-22H. The molecule has 2 aromatic carbocycles. The Hall–Kier alpha value is -3.12. The van der Waals surface area contributed by atoms with E-state index in [-0.39, 0.29) is 11.6 Å². The Morgan fingerprint density at radius 2 is 1.96 bits per heavy atom. The summed E-state index contributed by atoms with van der Waals surface area (Å²) in [5.74, 6) is 0.136. The van der Waals surface area contributed by atoms with Gasteiger partial charge >= 0.3 is 5.95 Å². The van der Waals surface area contributed by atoms with Crippen molar-refractivity contribution >= 4 is 34.0 Å². The van der Waals surface area contributed by atoms with E-state index in [0.717, 1.165) is 16.0 Å². The summed E-state index contributed by atoms with van der Waals surface area (Å²) in [6.45, 7) is 0. The summed E-state index contributed by atoms with van der Waals surface area (Å²) in [7, 11) is 0. The monoisotopic (exact) mass is 335 g/mol. The quantitative estimate of drug-likeness (QED) is 0.418. The number of hydrazone groups is 1. The molecule has 0 amide bonds. The molecule has 0 bridgehead atoms. The lowest BCUT2D eigenvalue weighted by atomic mass is 10.1. The number of aromatic hydroxyl groups is 1. The van der Waals surface area contributed by atoms with Crippen LogP contribution in [0.4, 0.5) is 5.69 Å². The molecule has 0 fully saturated rings. The van der Waals surface area contributed by atoms with E-state index in [2.05, 4.69) is 21.6 Å². The van der Waals surface area contributed by atoms with E-state index < -0.39 is 0 Å². The van der Waals surface area contributed by atoms with Gasteiger partial charge in [0, 0.05) is 0 Å². The number of aromatic nitrogens is 1. The van der Waals surface area contributed by atoms with Crippen LogP contribution in [0.5, 0.6) is 5.95 Å². The van der Waals surface area contributed by atoms with E-state index in [1.54, 1.807) is 0 Å². The van der Waals surface area contributed by atoms with Crippen molar-refractivity contribution in [1.82, 2.24) is 4.98 Å². The number of hydrogen-bond acceptors (Lipinski definition) is 6. The molecule has 2 heterocycles. The van der Waals surface area contributed by atoms with Crippen molar-refractivity contribution in [2.24, 2.45) is 5.10 Å². The number of thiophene rings is 1. The first-order chi connectivity index (χ1) is 11.8. The van der Waals surface area contributed by atoms with E-state index in [4.69, 9.17) is 4.42 Å². The van der Waals surface area contributed by atoms with Gasteiger partial charge in [-0.3, -0.25) is 5.43 Å². The van der Waals surface area contributed by atoms with Gasteiger partial charge in [0.1, 0.15) is 0 Å². The SMILES string of the molecule is Oc1oc(-c2cccs2)nc1C=NNc1ccc2ccccc2c1. The third-order valence-electron chi connectivity index (χ3n) is 3.50. The van der Waals surface area contributed by atoms with Crippen molar-refractivity contribution in [3.8, 4) is 16.7 Å². The topological polar surface area (TPSA) is 70.7 Å². The maximum Gasteiger partial charge on any atom is 0.312 e. The normalized spacial score (nSPS) is 11.3. The Bertz CT molecular complexity index is 1010. The molecular formula is C18H13N3O2S. The number of fused-ring (bicyclic) bond motifs is 1. The molecule has 0 aliphatic heterocycles. The lowest BCUT2D eigenvalue weighted by Crippen LogP contribution is -1.91. The third-order valence-corrected chi connectivity index (χ3v) is 4.35. The molecule has 24 heavy (non-hydrogen) atoms. The van der Waals surface area contributed by atoms with Crippen molar-refractivity contribution in [2.45, 2.75) is 0 Å². The van der Waals surface area contributed by atoms with E-state index in [1.165, 1.54) is 22.9 Å². The number of rotatable bonds is 4. The first-order valence-electron chi connectivity index (χ1n) is 7.31. The maximum atomic E-state index is 9.83. The van der Waals surface area contributed by atoms with E-state index >= 15 is 0 Å². The Kier molecular flexibility index (Phi) is 3.72. The fraction of sp³-hybridized carbons (Fsp3) is 0. The highest BCUT2D eigenvalue weighted by atomic mass is 32.1. The molecule has 4 aromatic rings. The molecule has 0 saturated heterocycles. The zero-order valence-electron chi connectivity index (χ0n) is 12.5. The van der Waals surface area contributed by atoms with E-state index in [9.17, 15) is 5.11 Å². The summed E-state index contributed by atoms with van der Waals surface area (Å²) in [6, 6.07) is 17.9. The Labute approximate surface area is 141 Å². The van der Waals surface area contributed by atoms with Crippen LogP contribution in [-0.2, 0) is 0 Å². The molecule has 2 aromatic heterocycles. The van der Waals surface area contributed by atoms with Gasteiger partial charge in [-0.15, -0.1) is 11.3 Å². The predicted molar refractivity (Wildman–Crippen MR) is 96.6 cm³/mol. The van der Waals surface area contributed by atoms with Crippen molar-refractivity contribution in [3.63, 3.8) is 0 Å². The second kappa shape index (κ2) is 6.17.